The molecule has 4 aromatic rings. The Morgan fingerprint density at radius 3 is 2.67 bits per heavy atom. The van der Waals surface area contributed by atoms with Crippen LogP contribution in [0.5, 0.6) is 5.88 Å². The molecule has 0 spiro atoms. The molecule has 10 heteroatoms. The molecule has 156 valence electrons. The highest BCUT2D eigenvalue weighted by atomic mass is 19.4. The van der Waals surface area contributed by atoms with Gasteiger partial charge in [0.2, 0.25) is 5.88 Å². The monoisotopic (exact) mass is 416 g/mol. The Morgan fingerprint density at radius 2 is 1.93 bits per heavy atom. The fraction of sp³-hybridized carbons (Fsp3) is 0.300. The zero-order valence-electron chi connectivity index (χ0n) is 16.3. The van der Waals surface area contributed by atoms with Gasteiger partial charge in [0.15, 0.2) is 12.3 Å². The van der Waals surface area contributed by atoms with Crippen molar-refractivity contribution in [1.29, 1.82) is 0 Å². The van der Waals surface area contributed by atoms with E-state index in [4.69, 9.17) is 15.6 Å². The summed E-state index contributed by atoms with van der Waals surface area (Å²) in [6.45, 7) is 3.44. The number of alkyl halides is 3. The molecule has 0 saturated carbocycles. The van der Waals surface area contributed by atoms with Gasteiger partial charge in [-0.2, -0.15) is 18.3 Å². The second-order valence-corrected chi connectivity index (χ2v) is 7.34. The van der Waals surface area contributed by atoms with Crippen molar-refractivity contribution in [1.82, 2.24) is 24.7 Å². The van der Waals surface area contributed by atoms with E-state index in [0.29, 0.717) is 40.5 Å². The van der Waals surface area contributed by atoms with Crippen molar-refractivity contribution in [3.63, 3.8) is 0 Å². The average Bonchev–Trinajstić information content (AvgIpc) is 3.04. The first kappa shape index (κ1) is 19.9. The largest absolute Gasteiger partial charge is 0.468 e. The molecule has 0 aliphatic carbocycles. The number of fused-ring (bicyclic) bond motifs is 2. The SMILES string of the molecule is CC(C)Cn1nc(-c2ccc3nc(OCC(F)(F)F)ccc3c2)c2c(N)ncnc21. The summed E-state index contributed by atoms with van der Waals surface area (Å²) < 4.78 is 43.6. The minimum absolute atomic E-state index is 0.0862. The van der Waals surface area contributed by atoms with E-state index >= 15 is 0 Å². The van der Waals surface area contributed by atoms with Crippen LogP contribution in [0.15, 0.2) is 36.7 Å². The molecule has 3 heterocycles. The lowest BCUT2D eigenvalue weighted by Gasteiger charge is -2.09. The van der Waals surface area contributed by atoms with Crippen molar-refractivity contribution in [3.8, 4) is 17.1 Å². The summed E-state index contributed by atoms with van der Waals surface area (Å²) in [5, 5.41) is 6.10. The normalized spacial score (nSPS) is 12.2. The van der Waals surface area contributed by atoms with Crippen LogP contribution < -0.4 is 10.5 Å². The van der Waals surface area contributed by atoms with Crippen LogP contribution in [0.4, 0.5) is 19.0 Å². The summed E-state index contributed by atoms with van der Waals surface area (Å²) in [6, 6.07) is 8.41. The second kappa shape index (κ2) is 7.43. The van der Waals surface area contributed by atoms with E-state index in [-0.39, 0.29) is 5.88 Å². The van der Waals surface area contributed by atoms with Crippen LogP contribution in [0, 0.1) is 5.92 Å². The van der Waals surface area contributed by atoms with Gasteiger partial charge in [0, 0.05) is 23.6 Å². The van der Waals surface area contributed by atoms with E-state index < -0.39 is 12.8 Å². The Balaban J connectivity index is 1.75. The van der Waals surface area contributed by atoms with E-state index in [2.05, 4.69) is 28.8 Å². The van der Waals surface area contributed by atoms with Gasteiger partial charge in [-0.15, -0.1) is 0 Å². The number of nitrogens with zero attached hydrogens (tertiary/aromatic N) is 5. The first-order valence-electron chi connectivity index (χ1n) is 9.29. The molecule has 0 unspecified atom stereocenters. The predicted molar refractivity (Wildman–Crippen MR) is 107 cm³/mol. The van der Waals surface area contributed by atoms with Crippen LogP contribution in [0.1, 0.15) is 13.8 Å². The van der Waals surface area contributed by atoms with Gasteiger partial charge >= 0.3 is 6.18 Å². The molecule has 7 nitrogen and oxygen atoms in total. The van der Waals surface area contributed by atoms with E-state index in [9.17, 15) is 13.2 Å². The molecule has 0 bridgehead atoms. The van der Waals surface area contributed by atoms with Crippen LogP contribution >= 0.6 is 0 Å². The van der Waals surface area contributed by atoms with Gasteiger partial charge in [-0.25, -0.2) is 19.6 Å². The van der Waals surface area contributed by atoms with E-state index in [1.54, 1.807) is 18.2 Å². The zero-order chi connectivity index (χ0) is 21.5. The Bertz CT molecular complexity index is 1220. The molecule has 0 aliphatic rings. The summed E-state index contributed by atoms with van der Waals surface area (Å²) in [4.78, 5) is 12.6. The molecular formula is C20H19F3N6O. The predicted octanol–water partition coefficient (Wildman–Crippen LogP) is 4.22. The number of rotatable bonds is 5. The lowest BCUT2D eigenvalue weighted by molar-refractivity contribution is -0.154. The number of pyridine rings is 1. The number of nitrogens with two attached hydrogens (primary N) is 1. The van der Waals surface area contributed by atoms with E-state index in [1.165, 1.54) is 12.4 Å². The summed E-state index contributed by atoms with van der Waals surface area (Å²) in [5.74, 6) is 0.601. The standard InChI is InChI=1S/C20H19F3N6O/c1-11(2)8-29-19-16(18(24)25-10-26-19)17(28-29)13-3-5-14-12(7-13)4-6-15(27-14)30-9-20(21,22)23/h3-7,10-11H,8-9H2,1-2H3,(H2,24,25,26). The Hall–Kier alpha value is -3.43. The highest BCUT2D eigenvalue weighted by Crippen LogP contribution is 2.32. The van der Waals surface area contributed by atoms with Crippen molar-refractivity contribution in [2.75, 3.05) is 12.3 Å². The number of anilines is 1. The molecule has 0 fully saturated rings. The Labute approximate surface area is 169 Å². The number of nitrogen functional groups attached to an aromatic ring is 1. The number of aromatic nitrogens is 5. The van der Waals surface area contributed by atoms with Crippen molar-refractivity contribution < 1.29 is 17.9 Å². The number of ether oxygens (including phenoxy) is 1. The molecule has 4 rings (SSSR count). The van der Waals surface area contributed by atoms with Crippen LogP contribution in [0.3, 0.4) is 0 Å². The van der Waals surface area contributed by atoms with Gasteiger partial charge in [-0.05, 0) is 24.1 Å². The zero-order valence-corrected chi connectivity index (χ0v) is 16.3. The lowest BCUT2D eigenvalue weighted by atomic mass is 10.1. The highest BCUT2D eigenvalue weighted by Gasteiger charge is 2.28. The molecule has 3 aromatic heterocycles. The topological polar surface area (TPSA) is 91.7 Å². The van der Waals surface area contributed by atoms with Crippen molar-refractivity contribution in [2.24, 2.45) is 5.92 Å². The first-order valence-corrected chi connectivity index (χ1v) is 9.29. The number of halogens is 3. The Morgan fingerprint density at radius 1 is 1.13 bits per heavy atom. The molecule has 0 amide bonds. The lowest BCUT2D eigenvalue weighted by Crippen LogP contribution is -2.19. The minimum Gasteiger partial charge on any atom is -0.468 e. The van der Waals surface area contributed by atoms with Gasteiger partial charge in [0.1, 0.15) is 17.8 Å². The summed E-state index contributed by atoms with van der Waals surface area (Å²) >= 11 is 0. The smallest absolute Gasteiger partial charge is 0.422 e. The van der Waals surface area contributed by atoms with Gasteiger partial charge in [0.05, 0.1) is 10.9 Å². The van der Waals surface area contributed by atoms with Crippen molar-refractivity contribution >= 4 is 27.8 Å². The second-order valence-electron chi connectivity index (χ2n) is 7.34. The Kier molecular flexibility index (Phi) is 4.92. The maximum Gasteiger partial charge on any atom is 0.422 e. The highest BCUT2D eigenvalue weighted by molar-refractivity contribution is 5.99. The fourth-order valence-corrected chi connectivity index (χ4v) is 3.20. The van der Waals surface area contributed by atoms with Gasteiger partial charge < -0.3 is 10.5 Å². The van der Waals surface area contributed by atoms with Crippen molar-refractivity contribution in [2.45, 2.75) is 26.6 Å². The first-order chi connectivity index (χ1) is 14.2. The molecule has 0 aliphatic heterocycles. The number of hydrogen-bond acceptors (Lipinski definition) is 6. The van der Waals surface area contributed by atoms with Gasteiger partial charge in [-0.3, -0.25) is 0 Å². The summed E-state index contributed by atoms with van der Waals surface area (Å²) in [6.07, 6.45) is -3.01. The third-order valence-corrected chi connectivity index (χ3v) is 4.42. The maximum atomic E-state index is 12.4. The summed E-state index contributed by atoms with van der Waals surface area (Å²) in [7, 11) is 0. The minimum atomic E-state index is -4.42. The van der Waals surface area contributed by atoms with Gasteiger partial charge in [0.25, 0.3) is 0 Å². The quantitative estimate of drug-likeness (QED) is 0.524. The van der Waals surface area contributed by atoms with E-state index in [1.807, 2.05) is 10.7 Å². The molecule has 0 saturated heterocycles. The molecule has 1 aromatic carbocycles. The fourth-order valence-electron chi connectivity index (χ4n) is 3.20. The van der Waals surface area contributed by atoms with Crippen LogP contribution in [-0.2, 0) is 6.54 Å². The van der Waals surface area contributed by atoms with Crippen molar-refractivity contribution in [3.05, 3.63) is 36.7 Å². The molecule has 0 radical (unpaired) electrons. The van der Waals surface area contributed by atoms with Crippen LogP contribution in [0.2, 0.25) is 0 Å². The number of benzene rings is 1. The van der Waals surface area contributed by atoms with Crippen LogP contribution in [0.25, 0.3) is 33.2 Å². The summed E-state index contributed by atoms with van der Waals surface area (Å²) in [5.41, 5.74) is 8.70. The van der Waals surface area contributed by atoms with Crippen LogP contribution in [-0.4, -0.2) is 37.5 Å². The third kappa shape index (κ3) is 3.98. The average molecular weight is 416 g/mol. The van der Waals surface area contributed by atoms with E-state index in [0.717, 1.165) is 10.9 Å². The van der Waals surface area contributed by atoms with Gasteiger partial charge in [-0.1, -0.05) is 19.9 Å². The molecule has 0 atom stereocenters. The third-order valence-electron chi connectivity index (χ3n) is 4.42. The number of hydrogen-bond donors (Lipinski definition) is 1. The molecule has 2 N–H and O–H groups in total. The maximum absolute atomic E-state index is 12.4. The molecule has 30 heavy (non-hydrogen) atoms. The molecular weight excluding hydrogens is 397 g/mol.